The Kier molecular flexibility index (Phi) is 2.71. The molecule has 0 amide bonds. The molecule has 1 fully saturated rings. The van der Waals surface area contributed by atoms with Gasteiger partial charge in [0.15, 0.2) is 0 Å². The van der Waals surface area contributed by atoms with E-state index in [0.717, 1.165) is 30.6 Å². The van der Waals surface area contributed by atoms with E-state index in [1.165, 1.54) is 12.0 Å². The van der Waals surface area contributed by atoms with Crippen molar-refractivity contribution in [3.8, 4) is 0 Å². The number of nitrogens with one attached hydrogen (secondary N) is 1. The van der Waals surface area contributed by atoms with Crippen molar-refractivity contribution in [3.63, 3.8) is 0 Å². The van der Waals surface area contributed by atoms with Crippen molar-refractivity contribution < 1.29 is 0 Å². The summed E-state index contributed by atoms with van der Waals surface area (Å²) >= 11 is 0. The molecule has 0 radical (unpaired) electrons. The summed E-state index contributed by atoms with van der Waals surface area (Å²) in [6.07, 6.45) is 4.29. The van der Waals surface area contributed by atoms with Gasteiger partial charge in [-0.15, -0.1) is 0 Å². The standard InChI is InChI=1S/C12H18N2/c1-3-10-5-4-6-13-12(10)14-8-11-7-9(11)2/h4-6,9,11H,3,7-8H2,1-2H3,(H,13,14). The number of hydrogen-bond acceptors (Lipinski definition) is 2. The molecule has 76 valence electrons. The van der Waals surface area contributed by atoms with Crippen molar-refractivity contribution in [2.45, 2.75) is 26.7 Å². The summed E-state index contributed by atoms with van der Waals surface area (Å²) < 4.78 is 0. The molecule has 14 heavy (non-hydrogen) atoms. The van der Waals surface area contributed by atoms with Gasteiger partial charge in [-0.3, -0.25) is 0 Å². The average Bonchev–Trinajstić information content (AvgIpc) is 2.92. The maximum absolute atomic E-state index is 4.36. The predicted molar refractivity (Wildman–Crippen MR) is 59.4 cm³/mol. The molecule has 0 saturated heterocycles. The second-order valence-corrected chi connectivity index (χ2v) is 4.22. The highest BCUT2D eigenvalue weighted by Crippen LogP contribution is 2.37. The highest BCUT2D eigenvalue weighted by atomic mass is 15.0. The Morgan fingerprint density at radius 2 is 2.36 bits per heavy atom. The summed E-state index contributed by atoms with van der Waals surface area (Å²) in [5, 5.41) is 3.45. The Morgan fingerprint density at radius 1 is 1.57 bits per heavy atom. The van der Waals surface area contributed by atoms with Crippen molar-refractivity contribution in [1.82, 2.24) is 4.98 Å². The van der Waals surface area contributed by atoms with Gasteiger partial charge in [0, 0.05) is 12.7 Å². The third-order valence-electron chi connectivity index (χ3n) is 3.08. The first-order valence-electron chi connectivity index (χ1n) is 5.49. The third-order valence-corrected chi connectivity index (χ3v) is 3.08. The Morgan fingerprint density at radius 3 is 3.00 bits per heavy atom. The molecule has 2 atom stereocenters. The lowest BCUT2D eigenvalue weighted by molar-refractivity contribution is 0.783. The molecule has 2 nitrogen and oxygen atoms in total. The molecule has 2 heteroatoms. The number of hydrogen-bond donors (Lipinski definition) is 1. The second-order valence-electron chi connectivity index (χ2n) is 4.22. The zero-order valence-corrected chi connectivity index (χ0v) is 8.96. The maximum atomic E-state index is 4.36. The molecule has 0 spiro atoms. The van der Waals surface area contributed by atoms with Crippen molar-refractivity contribution in [3.05, 3.63) is 23.9 Å². The molecule has 1 aliphatic carbocycles. The van der Waals surface area contributed by atoms with Crippen LogP contribution in [0.1, 0.15) is 25.8 Å². The first-order valence-corrected chi connectivity index (χ1v) is 5.49. The van der Waals surface area contributed by atoms with E-state index in [9.17, 15) is 0 Å². The van der Waals surface area contributed by atoms with E-state index in [4.69, 9.17) is 0 Å². The maximum Gasteiger partial charge on any atom is 0.129 e. The normalized spacial score (nSPS) is 24.7. The highest BCUT2D eigenvalue weighted by Gasteiger charge is 2.31. The molecule has 1 heterocycles. The topological polar surface area (TPSA) is 24.9 Å². The van der Waals surface area contributed by atoms with Gasteiger partial charge < -0.3 is 5.32 Å². The van der Waals surface area contributed by atoms with Crippen LogP contribution in [0, 0.1) is 11.8 Å². The first kappa shape index (κ1) is 9.50. The molecule has 2 rings (SSSR count). The van der Waals surface area contributed by atoms with Crippen LogP contribution in [0.5, 0.6) is 0 Å². The Balaban J connectivity index is 1.94. The summed E-state index contributed by atoms with van der Waals surface area (Å²) in [4.78, 5) is 4.36. The van der Waals surface area contributed by atoms with Crippen LogP contribution in [-0.2, 0) is 6.42 Å². The third kappa shape index (κ3) is 2.06. The van der Waals surface area contributed by atoms with Gasteiger partial charge >= 0.3 is 0 Å². The van der Waals surface area contributed by atoms with E-state index in [-0.39, 0.29) is 0 Å². The number of aromatic nitrogens is 1. The molecular formula is C12H18N2. The van der Waals surface area contributed by atoms with Crippen molar-refractivity contribution in [2.75, 3.05) is 11.9 Å². The second kappa shape index (κ2) is 3.99. The highest BCUT2D eigenvalue weighted by molar-refractivity contribution is 5.43. The van der Waals surface area contributed by atoms with Crippen LogP contribution in [0.4, 0.5) is 5.82 Å². The van der Waals surface area contributed by atoms with Gasteiger partial charge in [0.1, 0.15) is 5.82 Å². The number of nitrogens with zero attached hydrogens (tertiary/aromatic N) is 1. The van der Waals surface area contributed by atoms with E-state index in [1.54, 1.807) is 0 Å². The lowest BCUT2D eigenvalue weighted by Crippen LogP contribution is -2.07. The van der Waals surface area contributed by atoms with Crippen LogP contribution in [0.25, 0.3) is 0 Å². The van der Waals surface area contributed by atoms with Gasteiger partial charge in [-0.2, -0.15) is 0 Å². The molecule has 1 aliphatic rings. The summed E-state index contributed by atoms with van der Waals surface area (Å²) in [7, 11) is 0. The lowest BCUT2D eigenvalue weighted by Gasteiger charge is -2.08. The fourth-order valence-corrected chi connectivity index (χ4v) is 1.79. The monoisotopic (exact) mass is 190 g/mol. The number of anilines is 1. The fraction of sp³-hybridized carbons (Fsp3) is 0.583. The van der Waals surface area contributed by atoms with E-state index < -0.39 is 0 Å². The molecular weight excluding hydrogens is 172 g/mol. The molecule has 0 aromatic carbocycles. The van der Waals surface area contributed by atoms with Crippen molar-refractivity contribution in [2.24, 2.45) is 11.8 Å². The van der Waals surface area contributed by atoms with Gasteiger partial charge in [-0.1, -0.05) is 19.9 Å². The minimum atomic E-state index is 0.877. The number of aryl methyl sites for hydroxylation is 1. The molecule has 0 bridgehead atoms. The van der Waals surface area contributed by atoms with E-state index in [2.05, 4.69) is 30.2 Å². The SMILES string of the molecule is CCc1cccnc1NCC1CC1C. The molecule has 1 aromatic heterocycles. The number of rotatable bonds is 4. The quantitative estimate of drug-likeness (QED) is 0.789. The smallest absolute Gasteiger partial charge is 0.129 e. The summed E-state index contributed by atoms with van der Waals surface area (Å²) in [6, 6.07) is 4.15. The minimum Gasteiger partial charge on any atom is -0.370 e. The van der Waals surface area contributed by atoms with Crippen molar-refractivity contribution in [1.29, 1.82) is 0 Å². The van der Waals surface area contributed by atoms with Gasteiger partial charge in [0.05, 0.1) is 0 Å². The molecule has 1 aromatic rings. The summed E-state index contributed by atoms with van der Waals surface area (Å²) in [6.45, 7) is 5.57. The fourth-order valence-electron chi connectivity index (χ4n) is 1.79. The molecule has 1 N–H and O–H groups in total. The van der Waals surface area contributed by atoms with Gasteiger partial charge in [-0.25, -0.2) is 4.98 Å². The zero-order valence-electron chi connectivity index (χ0n) is 8.96. The van der Waals surface area contributed by atoms with Gasteiger partial charge in [0.25, 0.3) is 0 Å². The number of pyridine rings is 1. The van der Waals surface area contributed by atoms with Crippen LogP contribution in [0.2, 0.25) is 0 Å². The largest absolute Gasteiger partial charge is 0.370 e. The minimum absolute atomic E-state index is 0.877. The van der Waals surface area contributed by atoms with E-state index in [0.29, 0.717) is 0 Å². The Bertz CT molecular complexity index is 309. The van der Waals surface area contributed by atoms with E-state index >= 15 is 0 Å². The lowest BCUT2D eigenvalue weighted by atomic mass is 10.2. The Hall–Kier alpha value is -1.05. The van der Waals surface area contributed by atoms with Crippen molar-refractivity contribution >= 4 is 5.82 Å². The van der Waals surface area contributed by atoms with Crippen LogP contribution in [-0.4, -0.2) is 11.5 Å². The predicted octanol–water partition coefficient (Wildman–Crippen LogP) is 2.71. The van der Waals surface area contributed by atoms with Gasteiger partial charge in [-0.05, 0) is 36.3 Å². The summed E-state index contributed by atoms with van der Waals surface area (Å²) in [5.41, 5.74) is 1.32. The molecule has 0 aliphatic heterocycles. The van der Waals surface area contributed by atoms with Crippen LogP contribution in [0.3, 0.4) is 0 Å². The van der Waals surface area contributed by atoms with Crippen LogP contribution < -0.4 is 5.32 Å². The van der Waals surface area contributed by atoms with Gasteiger partial charge in [0.2, 0.25) is 0 Å². The summed E-state index contributed by atoms with van der Waals surface area (Å²) in [5.74, 6) is 2.87. The first-order chi connectivity index (χ1) is 6.81. The van der Waals surface area contributed by atoms with E-state index in [1.807, 2.05) is 12.3 Å². The molecule has 2 unspecified atom stereocenters. The zero-order chi connectivity index (χ0) is 9.97. The Labute approximate surface area is 85.7 Å². The van der Waals surface area contributed by atoms with Crippen LogP contribution >= 0.6 is 0 Å². The average molecular weight is 190 g/mol. The van der Waals surface area contributed by atoms with Crippen LogP contribution in [0.15, 0.2) is 18.3 Å². The molecule has 1 saturated carbocycles.